The first-order valence-electron chi connectivity index (χ1n) is 4.60. The Morgan fingerprint density at radius 2 is 2.07 bits per heavy atom. The summed E-state index contributed by atoms with van der Waals surface area (Å²) in [7, 11) is 0. The van der Waals surface area contributed by atoms with Gasteiger partial charge in [-0.05, 0) is 23.6 Å². The topological polar surface area (TPSA) is 35.8 Å². The van der Waals surface area contributed by atoms with Crippen LogP contribution in [0.4, 0.5) is 0 Å². The van der Waals surface area contributed by atoms with E-state index >= 15 is 0 Å². The molecule has 0 bridgehead atoms. The van der Waals surface area contributed by atoms with Gasteiger partial charge in [0, 0.05) is 22.8 Å². The first-order chi connectivity index (χ1) is 7.38. The monoisotopic (exact) mass is 234 g/mol. The molecule has 0 unspecified atom stereocenters. The van der Waals surface area contributed by atoms with Crippen molar-refractivity contribution in [1.29, 1.82) is 5.26 Å². The van der Waals surface area contributed by atoms with Crippen LogP contribution in [0, 0.1) is 11.3 Å². The third-order valence-electron chi connectivity index (χ3n) is 1.95. The Balaban J connectivity index is 1.81. The molecule has 0 aliphatic heterocycles. The second-order valence-corrected chi connectivity index (χ2v) is 5.26. The molecule has 2 aromatic heterocycles. The molecule has 0 saturated heterocycles. The van der Waals surface area contributed by atoms with Crippen molar-refractivity contribution in [2.75, 3.05) is 0 Å². The largest absolute Gasteiger partial charge is 0.307 e. The SMILES string of the molecule is N#Cc1ccc(CNCc2cccs2)s1. The lowest BCUT2D eigenvalue weighted by atomic mass is 10.4. The standard InChI is InChI=1S/C11H10N2S2/c12-6-9-3-4-11(15-9)8-13-7-10-2-1-5-14-10/h1-5,13H,7-8H2. The molecule has 4 heteroatoms. The molecule has 0 radical (unpaired) electrons. The van der Waals surface area contributed by atoms with Gasteiger partial charge in [0.1, 0.15) is 10.9 Å². The van der Waals surface area contributed by atoms with Gasteiger partial charge in [0.15, 0.2) is 0 Å². The van der Waals surface area contributed by atoms with Gasteiger partial charge >= 0.3 is 0 Å². The van der Waals surface area contributed by atoms with Crippen molar-refractivity contribution in [2.24, 2.45) is 0 Å². The Morgan fingerprint density at radius 3 is 2.73 bits per heavy atom. The van der Waals surface area contributed by atoms with Crippen LogP contribution < -0.4 is 5.32 Å². The Morgan fingerprint density at radius 1 is 1.20 bits per heavy atom. The highest BCUT2D eigenvalue weighted by molar-refractivity contribution is 7.12. The highest BCUT2D eigenvalue weighted by Gasteiger charge is 1.99. The maximum atomic E-state index is 8.67. The van der Waals surface area contributed by atoms with Crippen molar-refractivity contribution in [3.05, 3.63) is 44.3 Å². The van der Waals surface area contributed by atoms with E-state index in [0.717, 1.165) is 18.0 Å². The summed E-state index contributed by atoms with van der Waals surface area (Å²) in [6.07, 6.45) is 0. The second-order valence-electron chi connectivity index (χ2n) is 3.06. The van der Waals surface area contributed by atoms with Crippen LogP contribution in [0.15, 0.2) is 29.6 Å². The zero-order valence-electron chi connectivity index (χ0n) is 8.06. The molecule has 0 amide bonds. The minimum Gasteiger partial charge on any atom is -0.307 e. The fraction of sp³-hybridized carbons (Fsp3) is 0.182. The summed E-state index contributed by atoms with van der Waals surface area (Å²) < 4.78 is 0. The maximum Gasteiger partial charge on any atom is 0.110 e. The molecular weight excluding hydrogens is 224 g/mol. The summed E-state index contributed by atoms with van der Waals surface area (Å²) in [5.74, 6) is 0. The van der Waals surface area contributed by atoms with Crippen molar-refractivity contribution < 1.29 is 0 Å². The minimum atomic E-state index is 0.780. The number of rotatable bonds is 4. The summed E-state index contributed by atoms with van der Waals surface area (Å²) >= 11 is 3.31. The third-order valence-corrected chi connectivity index (χ3v) is 3.82. The summed E-state index contributed by atoms with van der Waals surface area (Å²) in [6.45, 7) is 1.74. The van der Waals surface area contributed by atoms with Crippen LogP contribution in [-0.2, 0) is 13.1 Å². The van der Waals surface area contributed by atoms with E-state index in [1.54, 1.807) is 22.7 Å². The van der Waals surface area contributed by atoms with E-state index < -0.39 is 0 Å². The molecule has 15 heavy (non-hydrogen) atoms. The average Bonchev–Trinajstić information content (AvgIpc) is 2.88. The maximum absolute atomic E-state index is 8.67. The van der Waals surface area contributed by atoms with E-state index in [-0.39, 0.29) is 0 Å². The van der Waals surface area contributed by atoms with Crippen molar-refractivity contribution >= 4 is 22.7 Å². The summed E-state index contributed by atoms with van der Waals surface area (Å²) in [5, 5.41) is 14.1. The van der Waals surface area contributed by atoms with Crippen LogP contribution in [0.2, 0.25) is 0 Å². The van der Waals surface area contributed by atoms with E-state index in [0.29, 0.717) is 0 Å². The molecule has 76 valence electrons. The van der Waals surface area contributed by atoms with Gasteiger partial charge < -0.3 is 5.32 Å². The number of hydrogen-bond donors (Lipinski definition) is 1. The van der Waals surface area contributed by atoms with E-state index in [9.17, 15) is 0 Å². The summed E-state index contributed by atoms with van der Waals surface area (Å²) in [6, 6.07) is 10.2. The van der Waals surface area contributed by atoms with E-state index in [1.807, 2.05) is 12.1 Å². The molecule has 0 spiro atoms. The molecule has 0 aliphatic carbocycles. The number of hydrogen-bond acceptors (Lipinski definition) is 4. The zero-order valence-corrected chi connectivity index (χ0v) is 9.70. The Bertz CT molecular complexity index is 451. The molecule has 0 saturated carbocycles. The van der Waals surface area contributed by atoms with Gasteiger partial charge in [0.2, 0.25) is 0 Å². The van der Waals surface area contributed by atoms with Gasteiger partial charge in [-0.1, -0.05) is 6.07 Å². The molecule has 0 aromatic carbocycles. The van der Waals surface area contributed by atoms with E-state index in [1.165, 1.54) is 9.75 Å². The number of nitrogens with zero attached hydrogens (tertiary/aromatic N) is 1. The average molecular weight is 234 g/mol. The molecule has 0 aliphatic rings. The van der Waals surface area contributed by atoms with Crippen molar-refractivity contribution in [3.8, 4) is 6.07 Å². The van der Waals surface area contributed by atoms with Crippen molar-refractivity contribution in [3.63, 3.8) is 0 Å². The zero-order chi connectivity index (χ0) is 10.5. The first-order valence-corrected chi connectivity index (χ1v) is 6.30. The quantitative estimate of drug-likeness (QED) is 0.882. The second kappa shape index (κ2) is 5.08. The van der Waals surface area contributed by atoms with Crippen LogP contribution in [0.3, 0.4) is 0 Å². The van der Waals surface area contributed by atoms with E-state index in [2.05, 4.69) is 28.9 Å². The molecular formula is C11H10N2S2. The Labute approximate surface area is 96.8 Å². The van der Waals surface area contributed by atoms with Gasteiger partial charge in [-0.25, -0.2) is 0 Å². The highest BCUT2D eigenvalue weighted by Crippen LogP contribution is 2.15. The van der Waals surface area contributed by atoms with Gasteiger partial charge in [0.05, 0.1) is 0 Å². The van der Waals surface area contributed by atoms with Gasteiger partial charge in [-0.3, -0.25) is 0 Å². The molecule has 2 nitrogen and oxygen atoms in total. The van der Waals surface area contributed by atoms with Crippen LogP contribution in [-0.4, -0.2) is 0 Å². The first kappa shape index (κ1) is 10.4. The predicted molar refractivity (Wildman–Crippen MR) is 63.9 cm³/mol. The molecule has 2 aromatic rings. The lowest BCUT2D eigenvalue weighted by molar-refractivity contribution is 0.709. The number of nitrogens with one attached hydrogen (secondary N) is 1. The fourth-order valence-corrected chi connectivity index (χ4v) is 2.70. The lowest BCUT2D eigenvalue weighted by Crippen LogP contribution is -2.10. The highest BCUT2D eigenvalue weighted by atomic mass is 32.1. The molecule has 2 rings (SSSR count). The van der Waals surface area contributed by atoms with Crippen LogP contribution in [0.25, 0.3) is 0 Å². The molecule has 1 N–H and O–H groups in total. The Kier molecular flexibility index (Phi) is 3.51. The van der Waals surface area contributed by atoms with Crippen LogP contribution in [0.5, 0.6) is 0 Å². The smallest absolute Gasteiger partial charge is 0.110 e. The van der Waals surface area contributed by atoms with Gasteiger partial charge in [-0.15, -0.1) is 22.7 Å². The van der Waals surface area contributed by atoms with Crippen molar-refractivity contribution in [2.45, 2.75) is 13.1 Å². The van der Waals surface area contributed by atoms with Crippen LogP contribution in [0.1, 0.15) is 14.6 Å². The molecule has 2 heterocycles. The van der Waals surface area contributed by atoms with Gasteiger partial charge in [-0.2, -0.15) is 5.26 Å². The van der Waals surface area contributed by atoms with Crippen LogP contribution >= 0.6 is 22.7 Å². The van der Waals surface area contributed by atoms with Gasteiger partial charge in [0.25, 0.3) is 0 Å². The normalized spacial score (nSPS) is 10.1. The third kappa shape index (κ3) is 2.90. The molecule has 0 fully saturated rings. The molecule has 0 atom stereocenters. The van der Waals surface area contributed by atoms with E-state index in [4.69, 9.17) is 5.26 Å². The fourth-order valence-electron chi connectivity index (χ4n) is 1.26. The Hall–Kier alpha value is -1.15. The summed E-state index contributed by atoms with van der Waals surface area (Å²) in [5.41, 5.74) is 0. The predicted octanol–water partition coefficient (Wildman–Crippen LogP) is 2.97. The minimum absolute atomic E-state index is 0.780. The number of nitriles is 1. The lowest BCUT2D eigenvalue weighted by Gasteiger charge is -1.99. The number of thiophene rings is 2. The van der Waals surface area contributed by atoms with Crippen molar-refractivity contribution in [1.82, 2.24) is 5.32 Å². The summed E-state index contributed by atoms with van der Waals surface area (Å²) in [4.78, 5) is 3.33.